The van der Waals surface area contributed by atoms with E-state index in [1.165, 1.54) is 0 Å². The average Bonchev–Trinajstić information content (AvgIpc) is 2.35. The van der Waals surface area contributed by atoms with Gasteiger partial charge in [0.25, 0.3) is 0 Å². The van der Waals surface area contributed by atoms with E-state index in [0.29, 0.717) is 6.54 Å². The Kier molecular flexibility index (Phi) is 3.87. The SMILES string of the molecule is Cc1cc(N2CCNC(=O)C2CC#N)ccc1Br. The van der Waals surface area contributed by atoms with Gasteiger partial charge in [-0.3, -0.25) is 4.79 Å². The molecule has 1 aromatic rings. The van der Waals surface area contributed by atoms with E-state index in [1.54, 1.807) is 0 Å². The third kappa shape index (κ3) is 2.49. The standard InChI is InChI=1S/C13H14BrN3O/c1-9-8-10(2-3-11(9)14)17-7-6-16-13(18)12(17)4-5-15/h2-3,8,12H,4,6-7H2,1H3,(H,16,18). The van der Waals surface area contributed by atoms with Gasteiger partial charge in [0.2, 0.25) is 5.91 Å². The van der Waals surface area contributed by atoms with Crippen molar-refractivity contribution in [1.29, 1.82) is 5.26 Å². The fourth-order valence-electron chi connectivity index (χ4n) is 2.12. The van der Waals surface area contributed by atoms with Gasteiger partial charge in [0, 0.05) is 23.2 Å². The van der Waals surface area contributed by atoms with Gasteiger partial charge in [0.15, 0.2) is 0 Å². The summed E-state index contributed by atoms with van der Waals surface area (Å²) in [5.74, 6) is -0.0663. The van der Waals surface area contributed by atoms with E-state index in [1.807, 2.05) is 30.0 Å². The maximum absolute atomic E-state index is 11.8. The molecule has 1 N–H and O–H groups in total. The fourth-order valence-corrected chi connectivity index (χ4v) is 2.37. The smallest absolute Gasteiger partial charge is 0.243 e. The van der Waals surface area contributed by atoms with Crippen LogP contribution in [0.15, 0.2) is 22.7 Å². The molecule has 94 valence electrons. The van der Waals surface area contributed by atoms with Gasteiger partial charge in [-0.25, -0.2) is 0 Å². The number of carbonyl (C=O) groups is 1. The van der Waals surface area contributed by atoms with Crippen LogP contribution in [0.1, 0.15) is 12.0 Å². The second-order valence-electron chi connectivity index (χ2n) is 4.30. The predicted octanol–water partition coefficient (Wildman–Crippen LogP) is 1.98. The molecule has 1 unspecified atom stereocenters. The lowest BCUT2D eigenvalue weighted by molar-refractivity contribution is -0.123. The number of hydrogen-bond acceptors (Lipinski definition) is 3. The molecule has 1 saturated heterocycles. The molecule has 4 nitrogen and oxygen atoms in total. The van der Waals surface area contributed by atoms with Crippen molar-refractivity contribution < 1.29 is 4.79 Å². The predicted molar refractivity (Wildman–Crippen MR) is 73.3 cm³/mol. The van der Waals surface area contributed by atoms with E-state index in [4.69, 9.17) is 5.26 Å². The number of halogens is 1. The summed E-state index contributed by atoms with van der Waals surface area (Å²) in [5.41, 5.74) is 2.11. The zero-order chi connectivity index (χ0) is 13.1. The van der Waals surface area contributed by atoms with E-state index in [9.17, 15) is 4.79 Å². The van der Waals surface area contributed by atoms with Crippen LogP contribution in [0.25, 0.3) is 0 Å². The Bertz CT molecular complexity index is 509. The zero-order valence-corrected chi connectivity index (χ0v) is 11.7. The number of piperazine rings is 1. The Hall–Kier alpha value is -1.54. The van der Waals surface area contributed by atoms with Crippen LogP contribution in [0.5, 0.6) is 0 Å². The number of benzene rings is 1. The van der Waals surface area contributed by atoms with Crippen molar-refractivity contribution >= 4 is 27.5 Å². The molecular formula is C13H14BrN3O. The number of aryl methyl sites for hydroxylation is 1. The second kappa shape index (κ2) is 5.40. The highest BCUT2D eigenvalue weighted by atomic mass is 79.9. The Labute approximate surface area is 115 Å². The van der Waals surface area contributed by atoms with E-state index in [2.05, 4.69) is 27.3 Å². The summed E-state index contributed by atoms with van der Waals surface area (Å²) in [6.45, 7) is 3.37. The molecular weight excluding hydrogens is 294 g/mol. The van der Waals surface area contributed by atoms with Gasteiger partial charge < -0.3 is 10.2 Å². The number of hydrogen-bond donors (Lipinski definition) is 1. The van der Waals surface area contributed by atoms with Crippen molar-refractivity contribution in [3.05, 3.63) is 28.2 Å². The molecule has 0 aromatic heterocycles. The van der Waals surface area contributed by atoms with Gasteiger partial charge >= 0.3 is 0 Å². The molecule has 1 amide bonds. The number of amides is 1. The van der Waals surface area contributed by atoms with Crippen LogP contribution < -0.4 is 10.2 Å². The first-order chi connectivity index (χ1) is 8.63. The minimum Gasteiger partial charge on any atom is -0.357 e. The Balaban J connectivity index is 2.31. The Morgan fingerprint density at radius 3 is 3.06 bits per heavy atom. The molecule has 5 heteroatoms. The minimum atomic E-state index is -0.385. The van der Waals surface area contributed by atoms with Gasteiger partial charge in [0.1, 0.15) is 6.04 Å². The quantitative estimate of drug-likeness (QED) is 0.909. The number of nitrogens with zero attached hydrogens (tertiary/aromatic N) is 2. The number of nitriles is 1. The largest absolute Gasteiger partial charge is 0.357 e. The molecule has 0 aliphatic carbocycles. The molecule has 1 aliphatic rings. The summed E-state index contributed by atoms with van der Waals surface area (Å²) >= 11 is 3.46. The van der Waals surface area contributed by atoms with E-state index >= 15 is 0 Å². The molecule has 1 fully saturated rings. The van der Waals surface area contributed by atoms with Gasteiger partial charge in [-0.1, -0.05) is 15.9 Å². The highest BCUT2D eigenvalue weighted by Crippen LogP contribution is 2.25. The van der Waals surface area contributed by atoms with Crippen molar-refractivity contribution in [3.8, 4) is 6.07 Å². The summed E-state index contributed by atoms with van der Waals surface area (Å²) in [6, 6.07) is 7.68. The Morgan fingerprint density at radius 1 is 1.61 bits per heavy atom. The Morgan fingerprint density at radius 2 is 2.39 bits per heavy atom. The maximum atomic E-state index is 11.8. The van der Waals surface area contributed by atoms with E-state index in [0.717, 1.165) is 22.3 Å². The molecule has 1 aliphatic heterocycles. The topological polar surface area (TPSA) is 56.1 Å². The average molecular weight is 308 g/mol. The number of nitrogens with one attached hydrogen (secondary N) is 1. The van der Waals surface area contributed by atoms with Crippen LogP contribution in [0, 0.1) is 18.3 Å². The number of anilines is 1. The first-order valence-corrected chi connectivity index (χ1v) is 6.60. The lowest BCUT2D eigenvalue weighted by Gasteiger charge is -2.35. The van der Waals surface area contributed by atoms with Crippen molar-refractivity contribution in [3.63, 3.8) is 0 Å². The van der Waals surface area contributed by atoms with Gasteiger partial charge in [-0.2, -0.15) is 5.26 Å². The van der Waals surface area contributed by atoms with Crippen LogP contribution in [-0.4, -0.2) is 25.0 Å². The normalized spacial score (nSPS) is 19.3. The van der Waals surface area contributed by atoms with Crippen LogP contribution >= 0.6 is 15.9 Å². The summed E-state index contributed by atoms with van der Waals surface area (Å²) in [4.78, 5) is 13.8. The molecule has 1 aromatic carbocycles. The number of rotatable bonds is 2. The van der Waals surface area contributed by atoms with Crippen molar-refractivity contribution in [2.75, 3.05) is 18.0 Å². The van der Waals surface area contributed by atoms with Gasteiger partial charge in [-0.05, 0) is 30.7 Å². The van der Waals surface area contributed by atoms with Crippen LogP contribution in [0.2, 0.25) is 0 Å². The molecule has 2 rings (SSSR count). The lowest BCUT2D eigenvalue weighted by atomic mass is 10.1. The first-order valence-electron chi connectivity index (χ1n) is 5.81. The van der Waals surface area contributed by atoms with Gasteiger partial charge in [-0.15, -0.1) is 0 Å². The lowest BCUT2D eigenvalue weighted by Crippen LogP contribution is -2.55. The summed E-state index contributed by atoms with van der Waals surface area (Å²) < 4.78 is 1.05. The third-order valence-electron chi connectivity index (χ3n) is 3.09. The molecule has 0 radical (unpaired) electrons. The van der Waals surface area contributed by atoms with Crippen LogP contribution in [-0.2, 0) is 4.79 Å². The molecule has 18 heavy (non-hydrogen) atoms. The van der Waals surface area contributed by atoms with Crippen molar-refractivity contribution in [2.45, 2.75) is 19.4 Å². The fraction of sp³-hybridized carbons (Fsp3) is 0.385. The zero-order valence-electron chi connectivity index (χ0n) is 10.1. The summed E-state index contributed by atoms with van der Waals surface area (Å²) in [5, 5.41) is 11.6. The van der Waals surface area contributed by atoms with E-state index in [-0.39, 0.29) is 18.4 Å². The van der Waals surface area contributed by atoms with Crippen molar-refractivity contribution in [2.24, 2.45) is 0 Å². The molecule has 1 heterocycles. The highest BCUT2D eigenvalue weighted by Gasteiger charge is 2.29. The third-order valence-corrected chi connectivity index (χ3v) is 3.98. The number of carbonyl (C=O) groups excluding carboxylic acids is 1. The first kappa shape index (κ1) is 12.9. The molecule has 0 spiro atoms. The van der Waals surface area contributed by atoms with E-state index < -0.39 is 0 Å². The molecule has 0 saturated carbocycles. The van der Waals surface area contributed by atoms with Crippen molar-refractivity contribution in [1.82, 2.24) is 5.32 Å². The monoisotopic (exact) mass is 307 g/mol. The molecule has 1 atom stereocenters. The van der Waals surface area contributed by atoms with Gasteiger partial charge in [0.05, 0.1) is 12.5 Å². The summed E-state index contributed by atoms with van der Waals surface area (Å²) in [6.07, 6.45) is 0.209. The highest BCUT2D eigenvalue weighted by molar-refractivity contribution is 9.10. The maximum Gasteiger partial charge on any atom is 0.243 e. The second-order valence-corrected chi connectivity index (χ2v) is 5.15. The summed E-state index contributed by atoms with van der Waals surface area (Å²) in [7, 11) is 0. The minimum absolute atomic E-state index is 0.0663. The van der Waals surface area contributed by atoms with Crippen LogP contribution in [0.3, 0.4) is 0 Å². The molecule has 0 bridgehead atoms. The van der Waals surface area contributed by atoms with Crippen LogP contribution in [0.4, 0.5) is 5.69 Å².